The van der Waals surface area contributed by atoms with E-state index in [4.69, 9.17) is 0 Å². The average Bonchev–Trinajstić information content (AvgIpc) is 3.48. The predicted molar refractivity (Wildman–Crippen MR) is 114 cm³/mol. The Morgan fingerprint density at radius 2 is 1.97 bits per heavy atom. The number of esters is 1. The number of thiophene rings is 1. The van der Waals surface area contributed by atoms with Gasteiger partial charge in [0.05, 0.1) is 42.3 Å². The number of carbonyl (C=O) groups excluding carboxylic acids is 2. The Hall–Kier alpha value is -3.85. The lowest BCUT2D eigenvalue weighted by molar-refractivity contribution is 0.0593. The first kappa shape index (κ1) is 20.4. The van der Waals surface area contributed by atoms with E-state index in [1.54, 1.807) is 23.5 Å². The standard InChI is InChI=1S/C22H17FN4O3S/c1-30-22(29)18-12-24-15(10-25-18)11-26-21(28)20-16(13-4-6-14(23)7-5-13)9-17(27-20)19-3-2-8-31-19/h2-10,12,27H,11H2,1H3,(H,26,28). The van der Waals surface area contributed by atoms with Crippen LogP contribution in [-0.2, 0) is 11.3 Å². The first-order valence-electron chi connectivity index (χ1n) is 9.25. The molecule has 4 rings (SSSR count). The number of nitrogens with one attached hydrogen (secondary N) is 2. The number of nitrogens with zero attached hydrogens (tertiary/aromatic N) is 2. The molecule has 0 bridgehead atoms. The maximum Gasteiger partial charge on any atom is 0.358 e. The maximum atomic E-state index is 13.4. The second-order valence-corrected chi connectivity index (χ2v) is 7.47. The van der Waals surface area contributed by atoms with Crippen LogP contribution in [0.1, 0.15) is 26.7 Å². The largest absolute Gasteiger partial charge is 0.464 e. The fraction of sp³-hybridized carbons (Fsp3) is 0.0909. The minimum absolute atomic E-state index is 0.0844. The highest BCUT2D eigenvalue weighted by Gasteiger charge is 2.18. The van der Waals surface area contributed by atoms with Crippen molar-refractivity contribution in [3.63, 3.8) is 0 Å². The molecule has 0 saturated carbocycles. The van der Waals surface area contributed by atoms with Crippen LogP contribution >= 0.6 is 11.3 Å². The summed E-state index contributed by atoms with van der Waals surface area (Å²) in [6.45, 7) is 0.115. The molecule has 0 saturated heterocycles. The van der Waals surface area contributed by atoms with Crippen LogP contribution < -0.4 is 5.32 Å². The molecule has 0 fully saturated rings. The van der Waals surface area contributed by atoms with E-state index in [1.807, 2.05) is 23.6 Å². The van der Waals surface area contributed by atoms with E-state index in [-0.39, 0.29) is 24.0 Å². The highest BCUT2D eigenvalue weighted by Crippen LogP contribution is 2.32. The fourth-order valence-corrected chi connectivity index (χ4v) is 3.67. The number of carbonyl (C=O) groups is 2. The molecule has 2 N–H and O–H groups in total. The molecule has 0 aliphatic heterocycles. The Labute approximate surface area is 181 Å². The highest BCUT2D eigenvalue weighted by molar-refractivity contribution is 7.13. The van der Waals surface area contributed by atoms with Gasteiger partial charge in [-0.25, -0.2) is 14.2 Å². The first-order valence-corrected chi connectivity index (χ1v) is 10.1. The Bertz CT molecular complexity index is 1200. The van der Waals surface area contributed by atoms with Crippen molar-refractivity contribution in [3.05, 3.63) is 83.1 Å². The van der Waals surface area contributed by atoms with Gasteiger partial charge in [-0.1, -0.05) is 18.2 Å². The van der Waals surface area contributed by atoms with Gasteiger partial charge >= 0.3 is 5.97 Å². The number of aromatic nitrogens is 3. The summed E-state index contributed by atoms with van der Waals surface area (Å²) in [4.78, 5) is 36.6. The van der Waals surface area contributed by atoms with E-state index in [9.17, 15) is 14.0 Å². The molecule has 31 heavy (non-hydrogen) atoms. The van der Waals surface area contributed by atoms with Crippen molar-refractivity contribution < 1.29 is 18.7 Å². The number of rotatable bonds is 6. The zero-order valence-corrected chi connectivity index (χ0v) is 17.2. The Morgan fingerprint density at radius 1 is 1.16 bits per heavy atom. The molecule has 0 aliphatic rings. The smallest absolute Gasteiger partial charge is 0.358 e. The minimum Gasteiger partial charge on any atom is -0.464 e. The Balaban J connectivity index is 1.58. The van der Waals surface area contributed by atoms with Crippen molar-refractivity contribution in [2.24, 2.45) is 0 Å². The van der Waals surface area contributed by atoms with Gasteiger partial charge < -0.3 is 15.0 Å². The number of aromatic amines is 1. The number of ether oxygens (including phenoxy) is 1. The first-order chi connectivity index (χ1) is 15.0. The van der Waals surface area contributed by atoms with E-state index in [1.165, 1.54) is 31.6 Å². The number of H-pyrrole nitrogens is 1. The van der Waals surface area contributed by atoms with E-state index in [0.29, 0.717) is 22.5 Å². The third-order valence-electron chi connectivity index (χ3n) is 4.52. The van der Waals surface area contributed by atoms with Crippen molar-refractivity contribution in [2.75, 3.05) is 7.11 Å². The zero-order valence-electron chi connectivity index (χ0n) is 16.4. The highest BCUT2D eigenvalue weighted by atomic mass is 32.1. The minimum atomic E-state index is -0.584. The van der Waals surface area contributed by atoms with Crippen molar-refractivity contribution in [1.82, 2.24) is 20.3 Å². The molecule has 7 nitrogen and oxygen atoms in total. The van der Waals surface area contributed by atoms with Crippen LogP contribution in [0, 0.1) is 5.82 Å². The third-order valence-corrected chi connectivity index (χ3v) is 5.42. The monoisotopic (exact) mass is 436 g/mol. The second kappa shape index (κ2) is 8.88. The molecule has 3 heterocycles. The Morgan fingerprint density at radius 3 is 2.61 bits per heavy atom. The van der Waals surface area contributed by atoms with Gasteiger partial charge in [0.25, 0.3) is 5.91 Å². The summed E-state index contributed by atoms with van der Waals surface area (Å²) >= 11 is 1.54. The van der Waals surface area contributed by atoms with Crippen LogP contribution in [0.25, 0.3) is 21.7 Å². The molecule has 0 spiro atoms. The summed E-state index contributed by atoms with van der Waals surface area (Å²) in [6.07, 6.45) is 2.69. The summed E-state index contributed by atoms with van der Waals surface area (Å²) in [5.41, 5.74) is 3.09. The molecule has 0 unspecified atom stereocenters. The SMILES string of the molecule is COC(=O)c1cnc(CNC(=O)c2[nH]c(-c3cccs3)cc2-c2ccc(F)cc2)cn1. The van der Waals surface area contributed by atoms with Crippen molar-refractivity contribution in [1.29, 1.82) is 0 Å². The molecule has 3 aromatic heterocycles. The van der Waals surface area contributed by atoms with Crippen molar-refractivity contribution in [3.8, 4) is 21.7 Å². The lowest BCUT2D eigenvalue weighted by Gasteiger charge is -2.07. The fourth-order valence-electron chi connectivity index (χ4n) is 2.97. The van der Waals surface area contributed by atoms with Crippen LogP contribution in [-0.4, -0.2) is 33.9 Å². The second-order valence-electron chi connectivity index (χ2n) is 6.52. The molecule has 4 aromatic rings. The van der Waals surface area contributed by atoms with E-state index < -0.39 is 5.97 Å². The molecular formula is C22H17FN4O3S. The van der Waals surface area contributed by atoms with Crippen LogP contribution in [0.5, 0.6) is 0 Å². The van der Waals surface area contributed by atoms with Gasteiger partial charge in [0, 0.05) is 5.56 Å². The maximum absolute atomic E-state index is 13.4. The number of hydrogen-bond acceptors (Lipinski definition) is 6. The Kier molecular flexibility index (Phi) is 5.85. The molecule has 1 amide bonds. The predicted octanol–water partition coefficient (Wildman–Crippen LogP) is 4.06. The topological polar surface area (TPSA) is 97.0 Å². The van der Waals surface area contributed by atoms with Gasteiger partial charge in [0.1, 0.15) is 11.5 Å². The van der Waals surface area contributed by atoms with Gasteiger partial charge in [-0.05, 0) is 35.2 Å². The molecular weight excluding hydrogens is 419 g/mol. The van der Waals surface area contributed by atoms with E-state index in [2.05, 4.69) is 25.0 Å². The van der Waals surface area contributed by atoms with Crippen LogP contribution in [0.2, 0.25) is 0 Å². The summed E-state index contributed by atoms with van der Waals surface area (Å²) in [5, 5.41) is 4.75. The van der Waals surface area contributed by atoms with Crippen LogP contribution in [0.3, 0.4) is 0 Å². The zero-order chi connectivity index (χ0) is 21.8. The molecule has 1 aromatic carbocycles. The number of halogens is 1. The average molecular weight is 436 g/mol. The molecule has 0 radical (unpaired) electrons. The summed E-state index contributed by atoms with van der Waals surface area (Å²) in [7, 11) is 1.26. The lowest BCUT2D eigenvalue weighted by atomic mass is 10.1. The van der Waals surface area contributed by atoms with E-state index >= 15 is 0 Å². The normalized spacial score (nSPS) is 10.6. The number of amides is 1. The quantitative estimate of drug-likeness (QED) is 0.445. The summed E-state index contributed by atoms with van der Waals surface area (Å²) in [5.74, 6) is -1.28. The summed E-state index contributed by atoms with van der Waals surface area (Å²) in [6, 6.07) is 11.7. The van der Waals surface area contributed by atoms with Crippen LogP contribution in [0.15, 0.2) is 60.2 Å². The van der Waals surface area contributed by atoms with Gasteiger partial charge in [0.15, 0.2) is 5.69 Å². The molecule has 9 heteroatoms. The lowest BCUT2D eigenvalue weighted by Crippen LogP contribution is -2.24. The van der Waals surface area contributed by atoms with Gasteiger partial charge in [0.2, 0.25) is 0 Å². The van der Waals surface area contributed by atoms with Crippen molar-refractivity contribution in [2.45, 2.75) is 6.54 Å². The molecule has 0 atom stereocenters. The molecule has 0 aliphatic carbocycles. The third kappa shape index (κ3) is 4.51. The van der Waals surface area contributed by atoms with Crippen LogP contribution in [0.4, 0.5) is 4.39 Å². The van der Waals surface area contributed by atoms with E-state index in [0.717, 1.165) is 10.6 Å². The number of hydrogen-bond donors (Lipinski definition) is 2. The van der Waals surface area contributed by atoms with Gasteiger partial charge in [-0.3, -0.25) is 9.78 Å². The molecule has 156 valence electrons. The van der Waals surface area contributed by atoms with Gasteiger partial charge in [-0.15, -0.1) is 11.3 Å². The number of methoxy groups -OCH3 is 1. The van der Waals surface area contributed by atoms with Gasteiger partial charge in [-0.2, -0.15) is 0 Å². The van der Waals surface area contributed by atoms with Crippen molar-refractivity contribution >= 4 is 23.2 Å². The number of benzene rings is 1. The summed E-state index contributed by atoms with van der Waals surface area (Å²) < 4.78 is 18.0.